The van der Waals surface area contributed by atoms with Gasteiger partial charge in [-0.2, -0.15) is 0 Å². The lowest BCUT2D eigenvalue weighted by Gasteiger charge is -2.19. The Kier molecular flexibility index (Phi) is 6.01. The van der Waals surface area contributed by atoms with E-state index in [1.807, 2.05) is 0 Å². The average molecular weight is 412 g/mol. The summed E-state index contributed by atoms with van der Waals surface area (Å²) < 4.78 is 27.4. The molecule has 0 aliphatic rings. The molecule has 0 aliphatic carbocycles. The summed E-state index contributed by atoms with van der Waals surface area (Å²) >= 11 is 0. The lowest BCUT2D eigenvalue weighted by molar-refractivity contribution is -0.157. The Balaban J connectivity index is 1.83. The van der Waals surface area contributed by atoms with E-state index in [1.54, 1.807) is 77.3 Å². The smallest absolute Gasteiger partial charge is 0.344 e. The van der Waals surface area contributed by atoms with Crippen molar-refractivity contribution in [2.24, 2.45) is 0 Å². The third-order valence-electron chi connectivity index (χ3n) is 4.02. The molecule has 0 saturated carbocycles. The van der Waals surface area contributed by atoms with Gasteiger partial charge in [0, 0.05) is 12.1 Å². The molecule has 0 atom stereocenters. The molecular formula is C23H24O7. The number of methoxy groups -OCH3 is 1. The molecule has 3 rings (SSSR count). The second-order valence-corrected chi connectivity index (χ2v) is 7.63. The van der Waals surface area contributed by atoms with E-state index in [9.17, 15) is 9.59 Å². The molecule has 158 valence electrons. The average Bonchev–Trinajstić information content (AvgIpc) is 2.68. The third-order valence-corrected chi connectivity index (χ3v) is 4.02. The van der Waals surface area contributed by atoms with E-state index < -0.39 is 11.6 Å². The SMILES string of the molecule is COc1cccc(Oc2c(C)oc3cc(OCC(=O)OC(C)(C)C)ccc3c2=O)c1. The molecule has 0 aliphatic heterocycles. The van der Waals surface area contributed by atoms with Crippen LogP contribution < -0.4 is 19.6 Å². The fourth-order valence-electron chi connectivity index (χ4n) is 2.77. The zero-order valence-electron chi connectivity index (χ0n) is 17.6. The van der Waals surface area contributed by atoms with Gasteiger partial charge in [-0.1, -0.05) is 6.07 Å². The van der Waals surface area contributed by atoms with Crippen molar-refractivity contribution in [2.75, 3.05) is 13.7 Å². The quantitative estimate of drug-likeness (QED) is 0.546. The molecule has 30 heavy (non-hydrogen) atoms. The van der Waals surface area contributed by atoms with Crippen LogP contribution in [-0.2, 0) is 9.53 Å². The standard InChI is InChI=1S/C23H24O7/c1-14-22(29-17-8-6-7-15(11-17)26-5)21(25)18-10-9-16(12-19(18)28-14)27-13-20(24)30-23(2,3)4/h6-12H,13H2,1-5H3. The van der Waals surface area contributed by atoms with Crippen LogP contribution in [0.2, 0.25) is 0 Å². The zero-order valence-corrected chi connectivity index (χ0v) is 17.6. The summed E-state index contributed by atoms with van der Waals surface area (Å²) in [5.41, 5.74) is -0.570. The number of benzene rings is 2. The highest BCUT2D eigenvalue weighted by molar-refractivity contribution is 5.80. The number of aryl methyl sites for hydroxylation is 1. The number of carbonyl (C=O) groups is 1. The lowest BCUT2D eigenvalue weighted by atomic mass is 10.2. The molecule has 0 amide bonds. The van der Waals surface area contributed by atoms with Crippen LogP contribution in [0.1, 0.15) is 26.5 Å². The molecule has 0 N–H and O–H groups in total. The van der Waals surface area contributed by atoms with Gasteiger partial charge in [-0.05, 0) is 52.0 Å². The van der Waals surface area contributed by atoms with Gasteiger partial charge in [0.1, 0.15) is 34.2 Å². The van der Waals surface area contributed by atoms with Crippen LogP contribution in [0, 0.1) is 6.92 Å². The van der Waals surface area contributed by atoms with Crippen LogP contribution in [0.25, 0.3) is 11.0 Å². The highest BCUT2D eigenvalue weighted by atomic mass is 16.6. The predicted molar refractivity (Wildman–Crippen MR) is 112 cm³/mol. The Hall–Kier alpha value is -3.48. The maximum absolute atomic E-state index is 12.9. The fourth-order valence-corrected chi connectivity index (χ4v) is 2.77. The van der Waals surface area contributed by atoms with Gasteiger partial charge < -0.3 is 23.4 Å². The van der Waals surface area contributed by atoms with Crippen molar-refractivity contribution in [1.82, 2.24) is 0 Å². The first-order valence-corrected chi connectivity index (χ1v) is 9.40. The second kappa shape index (κ2) is 8.49. The topological polar surface area (TPSA) is 84.2 Å². The van der Waals surface area contributed by atoms with Gasteiger partial charge >= 0.3 is 5.97 Å². The molecule has 1 heterocycles. The Labute approximate surface area is 174 Å². The van der Waals surface area contributed by atoms with E-state index in [0.29, 0.717) is 34.0 Å². The van der Waals surface area contributed by atoms with Gasteiger partial charge in [-0.3, -0.25) is 4.79 Å². The van der Waals surface area contributed by atoms with Gasteiger partial charge in [-0.15, -0.1) is 0 Å². The normalized spacial score (nSPS) is 11.2. The number of hydrogen-bond acceptors (Lipinski definition) is 7. The van der Waals surface area contributed by atoms with E-state index in [0.717, 1.165) is 0 Å². The van der Waals surface area contributed by atoms with Crippen molar-refractivity contribution in [2.45, 2.75) is 33.3 Å². The van der Waals surface area contributed by atoms with Crippen LogP contribution in [0.15, 0.2) is 51.7 Å². The van der Waals surface area contributed by atoms with E-state index in [-0.39, 0.29) is 17.8 Å². The Morgan fingerprint density at radius 2 is 1.77 bits per heavy atom. The molecule has 0 fully saturated rings. The highest BCUT2D eigenvalue weighted by Gasteiger charge is 2.18. The monoisotopic (exact) mass is 412 g/mol. The molecule has 0 spiro atoms. The summed E-state index contributed by atoms with van der Waals surface area (Å²) in [5.74, 6) is 1.39. The third kappa shape index (κ3) is 5.11. The summed E-state index contributed by atoms with van der Waals surface area (Å²) in [4.78, 5) is 24.7. The van der Waals surface area contributed by atoms with Gasteiger partial charge in [0.25, 0.3) is 0 Å². The van der Waals surface area contributed by atoms with Gasteiger partial charge in [0.15, 0.2) is 6.61 Å². The number of fused-ring (bicyclic) bond motifs is 1. The van der Waals surface area contributed by atoms with Crippen molar-refractivity contribution < 1.29 is 28.2 Å². The van der Waals surface area contributed by atoms with Crippen LogP contribution in [0.3, 0.4) is 0 Å². The molecular weight excluding hydrogens is 388 g/mol. The Morgan fingerprint density at radius 3 is 2.47 bits per heavy atom. The first-order chi connectivity index (χ1) is 14.2. The van der Waals surface area contributed by atoms with E-state index >= 15 is 0 Å². The van der Waals surface area contributed by atoms with Crippen molar-refractivity contribution in [3.05, 3.63) is 58.4 Å². The van der Waals surface area contributed by atoms with Crippen molar-refractivity contribution in [3.8, 4) is 23.0 Å². The van der Waals surface area contributed by atoms with Gasteiger partial charge in [0.2, 0.25) is 11.2 Å². The molecule has 7 nitrogen and oxygen atoms in total. The molecule has 7 heteroatoms. The number of esters is 1. The molecule has 0 radical (unpaired) electrons. The van der Waals surface area contributed by atoms with Crippen molar-refractivity contribution in [3.63, 3.8) is 0 Å². The number of ether oxygens (including phenoxy) is 4. The number of hydrogen-bond donors (Lipinski definition) is 0. The maximum Gasteiger partial charge on any atom is 0.344 e. The van der Waals surface area contributed by atoms with E-state index in [1.165, 1.54) is 0 Å². The molecule has 1 aromatic heterocycles. The summed E-state index contributed by atoms with van der Waals surface area (Å²) in [6.45, 7) is 6.74. The van der Waals surface area contributed by atoms with Crippen molar-refractivity contribution in [1.29, 1.82) is 0 Å². The molecule has 3 aromatic rings. The minimum Gasteiger partial charge on any atom is -0.497 e. The van der Waals surface area contributed by atoms with Crippen LogP contribution in [0.5, 0.6) is 23.0 Å². The van der Waals surface area contributed by atoms with Crippen LogP contribution in [-0.4, -0.2) is 25.3 Å². The zero-order chi connectivity index (χ0) is 21.9. The predicted octanol–water partition coefficient (Wildman–Crippen LogP) is 4.62. The Bertz CT molecular complexity index is 1120. The van der Waals surface area contributed by atoms with E-state index in [4.69, 9.17) is 23.4 Å². The summed E-state index contributed by atoms with van der Waals surface area (Å²) in [5, 5.41) is 0.336. The fraction of sp³-hybridized carbons (Fsp3) is 0.304. The maximum atomic E-state index is 12.9. The summed E-state index contributed by atoms with van der Waals surface area (Å²) in [6.07, 6.45) is 0. The molecule has 2 aromatic carbocycles. The number of rotatable bonds is 6. The largest absolute Gasteiger partial charge is 0.497 e. The van der Waals surface area contributed by atoms with Crippen molar-refractivity contribution >= 4 is 16.9 Å². The highest BCUT2D eigenvalue weighted by Crippen LogP contribution is 2.29. The van der Waals surface area contributed by atoms with Crippen LogP contribution in [0.4, 0.5) is 0 Å². The molecule has 0 unspecified atom stereocenters. The minimum absolute atomic E-state index is 0.0955. The first-order valence-electron chi connectivity index (χ1n) is 9.40. The number of carbonyl (C=O) groups excluding carboxylic acids is 1. The first kappa shape index (κ1) is 21.2. The second-order valence-electron chi connectivity index (χ2n) is 7.63. The van der Waals surface area contributed by atoms with Crippen LogP contribution >= 0.6 is 0 Å². The molecule has 0 saturated heterocycles. The van der Waals surface area contributed by atoms with Gasteiger partial charge in [0.05, 0.1) is 12.5 Å². The summed E-state index contributed by atoms with van der Waals surface area (Å²) in [6, 6.07) is 11.7. The molecule has 0 bridgehead atoms. The van der Waals surface area contributed by atoms with E-state index in [2.05, 4.69) is 0 Å². The minimum atomic E-state index is -0.590. The lowest BCUT2D eigenvalue weighted by Crippen LogP contribution is -2.27. The van der Waals surface area contributed by atoms with Gasteiger partial charge in [-0.25, -0.2) is 4.79 Å². The summed E-state index contributed by atoms with van der Waals surface area (Å²) in [7, 11) is 1.55. The Morgan fingerprint density at radius 1 is 1.03 bits per heavy atom.